The number of halogens is 2. The zero-order valence-corrected chi connectivity index (χ0v) is 13.2. The van der Waals surface area contributed by atoms with Gasteiger partial charge >= 0.3 is 0 Å². The van der Waals surface area contributed by atoms with Gasteiger partial charge in [-0.15, -0.1) is 11.6 Å². The number of aryl methyl sites for hydroxylation is 2. The second-order valence-corrected chi connectivity index (χ2v) is 5.45. The molecule has 5 heteroatoms. The standard InChI is InChI=1S/C16H22ClFN2O/c1-2-3-10-21-11-4-9-20-15-12-13(18)5-6-14(15)19-16(20)7-8-17/h5-6,12H,2-4,7-11H2,1H3. The molecule has 1 heterocycles. The monoisotopic (exact) mass is 312 g/mol. The molecule has 21 heavy (non-hydrogen) atoms. The Morgan fingerprint density at radius 1 is 1.29 bits per heavy atom. The number of fused-ring (bicyclic) bond motifs is 1. The first-order valence-electron chi connectivity index (χ1n) is 7.54. The third kappa shape index (κ3) is 4.42. The number of unbranched alkanes of at least 4 members (excludes halogenated alkanes) is 1. The van der Waals surface area contributed by atoms with Crippen molar-refractivity contribution in [3.05, 3.63) is 29.8 Å². The molecule has 1 aromatic carbocycles. The smallest absolute Gasteiger partial charge is 0.125 e. The van der Waals surface area contributed by atoms with Crippen LogP contribution in [0.4, 0.5) is 4.39 Å². The molecule has 0 aliphatic rings. The molecule has 2 rings (SSSR count). The molecule has 0 bridgehead atoms. The molecule has 0 unspecified atom stereocenters. The van der Waals surface area contributed by atoms with Crippen LogP contribution in [0.1, 0.15) is 32.0 Å². The lowest BCUT2D eigenvalue weighted by atomic mass is 10.3. The van der Waals surface area contributed by atoms with Crippen molar-refractivity contribution >= 4 is 22.6 Å². The average Bonchev–Trinajstić information content (AvgIpc) is 2.80. The summed E-state index contributed by atoms with van der Waals surface area (Å²) >= 11 is 5.83. The van der Waals surface area contributed by atoms with Crippen LogP contribution in [0.5, 0.6) is 0 Å². The van der Waals surface area contributed by atoms with Gasteiger partial charge in [-0.3, -0.25) is 0 Å². The summed E-state index contributed by atoms with van der Waals surface area (Å²) in [4.78, 5) is 4.54. The van der Waals surface area contributed by atoms with Crippen molar-refractivity contribution < 1.29 is 9.13 Å². The highest BCUT2D eigenvalue weighted by Gasteiger charge is 2.10. The van der Waals surface area contributed by atoms with E-state index in [1.165, 1.54) is 12.1 Å². The van der Waals surface area contributed by atoms with E-state index in [9.17, 15) is 4.39 Å². The highest BCUT2D eigenvalue weighted by atomic mass is 35.5. The number of imidazole rings is 1. The van der Waals surface area contributed by atoms with Crippen LogP contribution in [-0.2, 0) is 17.7 Å². The molecule has 2 aromatic rings. The molecular weight excluding hydrogens is 291 g/mol. The van der Waals surface area contributed by atoms with Gasteiger partial charge in [0.25, 0.3) is 0 Å². The van der Waals surface area contributed by atoms with E-state index in [4.69, 9.17) is 16.3 Å². The fourth-order valence-electron chi connectivity index (χ4n) is 2.34. The molecule has 3 nitrogen and oxygen atoms in total. The number of alkyl halides is 1. The summed E-state index contributed by atoms with van der Waals surface area (Å²) in [5.41, 5.74) is 1.66. The summed E-state index contributed by atoms with van der Waals surface area (Å²) in [6.07, 6.45) is 3.82. The van der Waals surface area contributed by atoms with Crippen LogP contribution in [0.3, 0.4) is 0 Å². The Morgan fingerprint density at radius 2 is 2.10 bits per heavy atom. The van der Waals surface area contributed by atoms with Gasteiger partial charge in [-0.1, -0.05) is 13.3 Å². The molecule has 0 atom stereocenters. The number of benzene rings is 1. The molecule has 0 aliphatic carbocycles. The van der Waals surface area contributed by atoms with Crippen LogP contribution in [0.2, 0.25) is 0 Å². The molecular formula is C16H22ClFN2O. The van der Waals surface area contributed by atoms with Crippen LogP contribution < -0.4 is 0 Å². The lowest BCUT2D eigenvalue weighted by molar-refractivity contribution is 0.126. The van der Waals surface area contributed by atoms with Crippen LogP contribution in [0.15, 0.2) is 18.2 Å². The molecule has 0 fully saturated rings. The number of aromatic nitrogens is 2. The minimum Gasteiger partial charge on any atom is -0.381 e. The normalized spacial score (nSPS) is 11.4. The van der Waals surface area contributed by atoms with E-state index in [2.05, 4.69) is 16.5 Å². The van der Waals surface area contributed by atoms with Gasteiger partial charge in [-0.2, -0.15) is 0 Å². The first-order valence-corrected chi connectivity index (χ1v) is 8.08. The Labute approximate surface area is 130 Å². The quantitative estimate of drug-likeness (QED) is 0.513. The fourth-order valence-corrected chi connectivity index (χ4v) is 2.51. The molecule has 116 valence electrons. The zero-order chi connectivity index (χ0) is 15.1. The van der Waals surface area contributed by atoms with Gasteiger partial charge in [0, 0.05) is 32.1 Å². The molecule has 0 radical (unpaired) electrons. The van der Waals surface area contributed by atoms with Gasteiger partial charge in [0.15, 0.2) is 0 Å². The number of rotatable bonds is 9. The molecule has 0 saturated heterocycles. The first-order chi connectivity index (χ1) is 10.3. The lowest BCUT2D eigenvalue weighted by Crippen LogP contribution is -2.08. The van der Waals surface area contributed by atoms with Gasteiger partial charge in [-0.25, -0.2) is 9.37 Å². The van der Waals surface area contributed by atoms with Crippen LogP contribution in [0.25, 0.3) is 11.0 Å². The highest BCUT2D eigenvalue weighted by molar-refractivity contribution is 6.17. The highest BCUT2D eigenvalue weighted by Crippen LogP contribution is 2.19. The van der Waals surface area contributed by atoms with Crippen molar-refractivity contribution in [1.82, 2.24) is 9.55 Å². The topological polar surface area (TPSA) is 27.1 Å². The van der Waals surface area contributed by atoms with Gasteiger partial charge in [0.1, 0.15) is 11.6 Å². The molecule has 0 saturated carbocycles. The van der Waals surface area contributed by atoms with Crippen LogP contribution in [-0.4, -0.2) is 28.6 Å². The Kier molecular flexibility index (Phi) is 6.46. The first kappa shape index (κ1) is 16.2. The maximum Gasteiger partial charge on any atom is 0.125 e. The van der Waals surface area contributed by atoms with Crippen molar-refractivity contribution in [3.8, 4) is 0 Å². The summed E-state index contributed by atoms with van der Waals surface area (Å²) in [6, 6.07) is 4.70. The van der Waals surface area contributed by atoms with E-state index in [0.717, 1.165) is 55.9 Å². The Bertz CT molecular complexity index is 571. The maximum atomic E-state index is 13.4. The van der Waals surface area contributed by atoms with E-state index < -0.39 is 0 Å². The predicted octanol–water partition coefficient (Wildman–Crippen LogP) is 4.16. The van der Waals surface area contributed by atoms with Crippen molar-refractivity contribution in [3.63, 3.8) is 0 Å². The van der Waals surface area contributed by atoms with Crippen molar-refractivity contribution in [2.45, 2.75) is 39.2 Å². The number of hydrogen-bond donors (Lipinski definition) is 0. The van der Waals surface area contributed by atoms with Gasteiger partial charge < -0.3 is 9.30 Å². The largest absolute Gasteiger partial charge is 0.381 e. The van der Waals surface area contributed by atoms with E-state index in [1.807, 2.05) is 0 Å². The maximum absolute atomic E-state index is 13.4. The Balaban J connectivity index is 2.05. The fraction of sp³-hybridized carbons (Fsp3) is 0.562. The van der Waals surface area contributed by atoms with Gasteiger partial charge in [0.05, 0.1) is 11.0 Å². The average molecular weight is 313 g/mol. The van der Waals surface area contributed by atoms with E-state index in [0.29, 0.717) is 12.3 Å². The van der Waals surface area contributed by atoms with E-state index in [1.54, 1.807) is 6.07 Å². The molecule has 1 aromatic heterocycles. The minimum absolute atomic E-state index is 0.236. The Hall–Kier alpha value is -1.13. The van der Waals surface area contributed by atoms with E-state index in [-0.39, 0.29) is 5.82 Å². The van der Waals surface area contributed by atoms with Crippen LogP contribution >= 0.6 is 11.6 Å². The second-order valence-electron chi connectivity index (χ2n) is 5.07. The SMILES string of the molecule is CCCCOCCCn1c(CCCl)nc2ccc(F)cc21. The summed E-state index contributed by atoms with van der Waals surface area (Å²) in [6.45, 7) is 4.45. The third-order valence-electron chi connectivity index (χ3n) is 3.42. The number of ether oxygens (including phenoxy) is 1. The third-order valence-corrected chi connectivity index (χ3v) is 3.61. The minimum atomic E-state index is -0.236. The Morgan fingerprint density at radius 3 is 2.86 bits per heavy atom. The molecule has 0 spiro atoms. The number of nitrogens with zero attached hydrogens (tertiary/aromatic N) is 2. The summed E-state index contributed by atoms with van der Waals surface area (Å²) in [5, 5.41) is 0. The molecule has 0 amide bonds. The van der Waals surface area contributed by atoms with Gasteiger partial charge in [-0.05, 0) is 31.0 Å². The van der Waals surface area contributed by atoms with Crippen LogP contribution in [0, 0.1) is 5.82 Å². The summed E-state index contributed by atoms with van der Waals surface area (Å²) < 4.78 is 21.1. The summed E-state index contributed by atoms with van der Waals surface area (Å²) in [7, 11) is 0. The predicted molar refractivity (Wildman–Crippen MR) is 84.5 cm³/mol. The van der Waals surface area contributed by atoms with Crippen molar-refractivity contribution in [2.75, 3.05) is 19.1 Å². The van der Waals surface area contributed by atoms with Gasteiger partial charge in [0.2, 0.25) is 0 Å². The summed E-state index contributed by atoms with van der Waals surface area (Å²) in [5.74, 6) is 1.19. The molecule has 0 aliphatic heterocycles. The zero-order valence-electron chi connectivity index (χ0n) is 12.4. The lowest BCUT2D eigenvalue weighted by Gasteiger charge is -2.09. The molecule has 0 N–H and O–H groups in total. The number of hydrogen-bond acceptors (Lipinski definition) is 2. The van der Waals surface area contributed by atoms with E-state index >= 15 is 0 Å². The second kappa shape index (κ2) is 8.35. The van der Waals surface area contributed by atoms with Crippen molar-refractivity contribution in [1.29, 1.82) is 0 Å². The van der Waals surface area contributed by atoms with Crippen molar-refractivity contribution in [2.24, 2.45) is 0 Å².